The van der Waals surface area contributed by atoms with Gasteiger partial charge in [0.05, 0.1) is 27.6 Å². The smallest absolute Gasteiger partial charge is 0.238 e. The van der Waals surface area contributed by atoms with Crippen LogP contribution in [-0.4, -0.2) is 23.9 Å². The highest BCUT2D eigenvalue weighted by Crippen LogP contribution is 2.40. The molecule has 7 aromatic carbocycles. The average molecular weight is 638 g/mol. The van der Waals surface area contributed by atoms with Crippen LogP contribution in [-0.2, 0) is 0 Å². The van der Waals surface area contributed by atoms with Gasteiger partial charge in [-0.1, -0.05) is 127 Å². The second kappa shape index (κ2) is 10.3. The highest BCUT2D eigenvalue weighted by atomic mass is 15.2. The van der Waals surface area contributed by atoms with E-state index in [1.807, 2.05) is 6.07 Å². The molecule has 0 atom stereocenters. The van der Waals surface area contributed by atoms with Crippen molar-refractivity contribution in [3.63, 3.8) is 0 Å². The molecular weight excluding hydrogens is 611 g/mol. The molecule has 11 rings (SSSR count). The number of benzene rings is 7. The summed E-state index contributed by atoms with van der Waals surface area (Å²) in [7, 11) is 0. The van der Waals surface area contributed by atoms with Crippen molar-refractivity contribution in [2.24, 2.45) is 0 Å². The second-order valence-electron chi connectivity index (χ2n) is 12.9. The van der Waals surface area contributed by atoms with Crippen LogP contribution in [0.15, 0.2) is 164 Å². The molecule has 0 aliphatic rings. The summed E-state index contributed by atoms with van der Waals surface area (Å²) in [6.07, 6.45) is 0. The van der Waals surface area contributed by atoms with Gasteiger partial charge in [-0.3, -0.25) is 4.57 Å². The lowest BCUT2D eigenvalue weighted by atomic mass is 9.99. The van der Waals surface area contributed by atoms with E-state index in [1.54, 1.807) is 0 Å². The van der Waals surface area contributed by atoms with E-state index in [0.29, 0.717) is 17.6 Å². The lowest BCUT2D eigenvalue weighted by molar-refractivity contribution is 0.954. The first-order valence-electron chi connectivity index (χ1n) is 16.9. The molecule has 0 saturated carbocycles. The van der Waals surface area contributed by atoms with Gasteiger partial charge in [0.25, 0.3) is 0 Å². The minimum atomic E-state index is 0.588. The molecule has 4 heterocycles. The number of hydrogen-bond acceptors (Lipinski definition) is 3. The van der Waals surface area contributed by atoms with E-state index >= 15 is 0 Å². The summed E-state index contributed by atoms with van der Waals surface area (Å²) < 4.78 is 4.58. The van der Waals surface area contributed by atoms with Crippen LogP contribution in [0.1, 0.15) is 0 Å². The predicted molar refractivity (Wildman–Crippen MR) is 205 cm³/mol. The standard InChI is InChI=1S/C45H27N5/c1-2-13-28(14-3-1)30-15-4-5-19-36(30)44-46-43(47-45(48-44)50-39-23-10-6-16-31(39)32-17-7-11-24-40(32)50)29-25-26-41-37(27-29)35-21-12-20-34-33-18-8-9-22-38(33)49(41)42(34)35/h1-27H. The first-order valence-corrected chi connectivity index (χ1v) is 16.9. The summed E-state index contributed by atoms with van der Waals surface area (Å²) in [4.78, 5) is 15.8. The van der Waals surface area contributed by atoms with Crippen molar-refractivity contribution in [2.75, 3.05) is 0 Å². The summed E-state index contributed by atoms with van der Waals surface area (Å²) in [6.45, 7) is 0. The van der Waals surface area contributed by atoms with Gasteiger partial charge in [0.1, 0.15) is 0 Å². The highest BCUT2D eigenvalue weighted by molar-refractivity contribution is 6.23. The lowest BCUT2D eigenvalue weighted by Gasteiger charge is -2.13. The maximum Gasteiger partial charge on any atom is 0.238 e. The van der Waals surface area contributed by atoms with E-state index in [1.165, 1.54) is 38.1 Å². The number of aromatic nitrogens is 5. The van der Waals surface area contributed by atoms with E-state index in [4.69, 9.17) is 15.0 Å². The van der Waals surface area contributed by atoms with E-state index < -0.39 is 0 Å². The van der Waals surface area contributed by atoms with Crippen molar-refractivity contribution in [2.45, 2.75) is 0 Å². The van der Waals surface area contributed by atoms with Crippen LogP contribution >= 0.6 is 0 Å². The van der Waals surface area contributed by atoms with E-state index in [9.17, 15) is 0 Å². The predicted octanol–water partition coefficient (Wildman–Crippen LogP) is 11.1. The Balaban J connectivity index is 1.21. The van der Waals surface area contributed by atoms with Gasteiger partial charge >= 0.3 is 0 Å². The third-order valence-corrected chi connectivity index (χ3v) is 10.1. The molecule has 4 aromatic heterocycles. The van der Waals surface area contributed by atoms with Crippen LogP contribution in [0.25, 0.3) is 99.8 Å². The van der Waals surface area contributed by atoms with Crippen LogP contribution in [0.3, 0.4) is 0 Å². The Morgan fingerprint density at radius 3 is 1.62 bits per heavy atom. The maximum atomic E-state index is 5.27. The Hall–Kier alpha value is -6.85. The molecular formula is C45H27N5. The Bertz CT molecular complexity index is 3040. The zero-order valence-electron chi connectivity index (χ0n) is 26.8. The molecule has 0 N–H and O–H groups in total. The van der Waals surface area contributed by atoms with Crippen molar-refractivity contribution in [3.05, 3.63) is 164 Å². The van der Waals surface area contributed by atoms with Crippen molar-refractivity contribution in [1.29, 1.82) is 0 Å². The summed E-state index contributed by atoms with van der Waals surface area (Å²) in [5, 5.41) is 7.27. The monoisotopic (exact) mass is 637 g/mol. The molecule has 11 aromatic rings. The zero-order chi connectivity index (χ0) is 32.8. The molecule has 232 valence electrons. The van der Waals surface area contributed by atoms with Gasteiger partial charge in [0.2, 0.25) is 5.95 Å². The molecule has 0 aliphatic carbocycles. The molecule has 0 aliphatic heterocycles. The molecule has 0 saturated heterocycles. The number of nitrogens with zero attached hydrogens (tertiary/aromatic N) is 5. The Morgan fingerprint density at radius 2 is 0.880 bits per heavy atom. The minimum absolute atomic E-state index is 0.588. The zero-order valence-corrected chi connectivity index (χ0v) is 26.8. The summed E-state index contributed by atoms with van der Waals surface area (Å²) in [6, 6.07) is 57.7. The van der Waals surface area contributed by atoms with Gasteiger partial charge in [-0.05, 0) is 47.5 Å². The quantitative estimate of drug-likeness (QED) is 0.193. The molecule has 0 bridgehead atoms. The fraction of sp³-hybridized carbons (Fsp3) is 0. The first kappa shape index (κ1) is 27.1. The summed E-state index contributed by atoms with van der Waals surface area (Å²) in [5.74, 6) is 1.85. The Morgan fingerprint density at radius 1 is 0.340 bits per heavy atom. The van der Waals surface area contributed by atoms with Gasteiger partial charge in [-0.2, -0.15) is 9.97 Å². The minimum Gasteiger partial charge on any atom is -0.308 e. The van der Waals surface area contributed by atoms with Crippen molar-refractivity contribution < 1.29 is 0 Å². The van der Waals surface area contributed by atoms with Gasteiger partial charge < -0.3 is 4.40 Å². The van der Waals surface area contributed by atoms with Crippen molar-refractivity contribution in [1.82, 2.24) is 23.9 Å². The topological polar surface area (TPSA) is 48.0 Å². The van der Waals surface area contributed by atoms with Crippen LogP contribution in [0.5, 0.6) is 0 Å². The number of rotatable bonds is 4. The molecule has 5 heteroatoms. The molecule has 0 unspecified atom stereocenters. The number of para-hydroxylation sites is 4. The summed E-state index contributed by atoms with van der Waals surface area (Å²) in [5.41, 5.74) is 9.84. The summed E-state index contributed by atoms with van der Waals surface area (Å²) >= 11 is 0. The van der Waals surface area contributed by atoms with E-state index in [-0.39, 0.29) is 0 Å². The van der Waals surface area contributed by atoms with Gasteiger partial charge in [-0.15, -0.1) is 0 Å². The molecule has 0 amide bonds. The van der Waals surface area contributed by atoms with Crippen LogP contribution in [0.2, 0.25) is 0 Å². The van der Waals surface area contributed by atoms with Crippen LogP contribution in [0.4, 0.5) is 0 Å². The Kier molecular flexibility index (Phi) is 5.60. The number of hydrogen-bond donors (Lipinski definition) is 0. The fourth-order valence-corrected chi connectivity index (χ4v) is 7.97. The Labute approximate surface area is 286 Å². The highest BCUT2D eigenvalue weighted by Gasteiger charge is 2.21. The van der Waals surface area contributed by atoms with E-state index in [2.05, 4.69) is 167 Å². The van der Waals surface area contributed by atoms with Crippen LogP contribution < -0.4 is 0 Å². The van der Waals surface area contributed by atoms with Gasteiger partial charge in [-0.25, -0.2) is 4.98 Å². The van der Waals surface area contributed by atoms with Gasteiger partial charge in [0, 0.05) is 43.4 Å². The van der Waals surface area contributed by atoms with Gasteiger partial charge in [0.15, 0.2) is 11.6 Å². The van der Waals surface area contributed by atoms with Crippen molar-refractivity contribution in [3.8, 4) is 39.9 Å². The first-order chi connectivity index (χ1) is 24.8. The number of fused-ring (bicyclic) bond motifs is 9. The maximum absolute atomic E-state index is 5.27. The molecule has 0 fully saturated rings. The largest absolute Gasteiger partial charge is 0.308 e. The van der Waals surface area contributed by atoms with Crippen LogP contribution in [0, 0.1) is 0 Å². The SMILES string of the molecule is c1ccc(-c2ccccc2-c2nc(-c3ccc4c(c3)c3cccc5c6ccccc6n4c53)nc(-n3c4ccccc4c4ccccc43)n2)cc1. The third-order valence-electron chi connectivity index (χ3n) is 10.1. The second-order valence-corrected chi connectivity index (χ2v) is 12.9. The molecule has 5 nitrogen and oxygen atoms in total. The fourth-order valence-electron chi connectivity index (χ4n) is 7.97. The molecule has 50 heavy (non-hydrogen) atoms. The average Bonchev–Trinajstić information content (AvgIpc) is 3.83. The molecule has 0 spiro atoms. The molecule has 0 radical (unpaired) electrons. The van der Waals surface area contributed by atoms with Crippen molar-refractivity contribution >= 4 is 59.9 Å². The van der Waals surface area contributed by atoms with E-state index in [0.717, 1.165) is 44.1 Å². The normalized spacial score (nSPS) is 12.0. The lowest BCUT2D eigenvalue weighted by Crippen LogP contribution is -2.06. The third kappa shape index (κ3) is 3.80.